The highest BCUT2D eigenvalue weighted by molar-refractivity contribution is 5.32. The molecule has 0 radical (unpaired) electrons. The van der Waals surface area contributed by atoms with Crippen LogP contribution < -0.4 is 5.73 Å². The minimum absolute atomic E-state index is 0.0475. The highest BCUT2D eigenvalue weighted by Crippen LogP contribution is 2.35. The zero-order chi connectivity index (χ0) is 13.1. The molecule has 1 unspecified atom stereocenters. The molecule has 0 spiro atoms. The van der Waals surface area contributed by atoms with Gasteiger partial charge in [0.25, 0.3) is 0 Å². The van der Waals surface area contributed by atoms with Crippen molar-refractivity contribution in [3.05, 3.63) is 35.4 Å². The molecule has 2 N–H and O–H groups in total. The molecule has 1 atom stereocenters. The first-order chi connectivity index (χ1) is 7.91. The van der Waals surface area contributed by atoms with Crippen LogP contribution in [0, 0.1) is 0 Å². The Bertz CT molecular complexity index is 364. The number of hydrogen-bond acceptors (Lipinski definition) is 3. The first-order valence-corrected chi connectivity index (χ1v) is 4.89. The first-order valence-electron chi connectivity index (χ1n) is 4.89. The number of alkyl halides is 3. The molecule has 1 rings (SSSR count). The van der Waals surface area contributed by atoms with Gasteiger partial charge in [-0.3, -0.25) is 0 Å². The number of hydrogen-bond donors (Lipinski definition) is 1. The van der Waals surface area contributed by atoms with Crippen molar-refractivity contribution in [1.29, 1.82) is 0 Å². The molecule has 0 heterocycles. The van der Waals surface area contributed by atoms with Gasteiger partial charge in [-0.05, 0) is 11.6 Å². The van der Waals surface area contributed by atoms with E-state index in [1.54, 1.807) is 0 Å². The van der Waals surface area contributed by atoms with E-state index in [4.69, 9.17) is 15.2 Å². The smallest absolute Gasteiger partial charge is 0.354 e. The zero-order valence-electron chi connectivity index (χ0n) is 9.49. The molecule has 0 aromatic heterocycles. The summed E-state index contributed by atoms with van der Waals surface area (Å²) in [4.78, 5) is 0. The summed E-state index contributed by atoms with van der Waals surface area (Å²) in [5.41, 5.74) is 4.89. The predicted octanol–water partition coefficient (Wildman–Crippen LogP) is 2.32. The Balaban J connectivity index is 3.13. The lowest BCUT2D eigenvalue weighted by molar-refractivity contribution is -0.142. The summed E-state index contributed by atoms with van der Waals surface area (Å²) in [7, 11) is 2.65. The summed E-state index contributed by atoms with van der Waals surface area (Å²) < 4.78 is 48.0. The number of methoxy groups -OCH3 is 2. The molecule has 1 aromatic carbocycles. The van der Waals surface area contributed by atoms with Gasteiger partial charge in [-0.25, -0.2) is 0 Å². The quantitative estimate of drug-likeness (QED) is 0.833. The number of nitrogens with two attached hydrogens (primary N) is 1. The van der Waals surface area contributed by atoms with E-state index in [0.717, 1.165) is 6.07 Å². The van der Waals surface area contributed by atoms with E-state index in [0.29, 0.717) is 0 Å². The van der Waals surface area contributed by atoms with Gasteiger partial charge >= 0.3 is 6.18 Å². The van der Waals surface area contributed by atoms with Crippen molar-refractivity contribution in [2.75, 3.05) is 14.2 Å². The Morgan fingerprint density at radius 1 is 1.12 bits per heavy atom. The third-order valence-corrected chi connectivity index (χ3v) is 2.38. The molecular formula is C11H14F3NO2. The molecule has 1 aromatic rings. The van der Waals surface area contributed by atoms with Gasteiger partial charge in [-0.1, -0.05) is 18.2 Å². The molecule has 0 saturated heterocycles. The van der Waals surface area contributed by atoms with Crippen LogP contribution in [-0.4, -0.2) is 20.5 Å². The molecule has 0 amide bonds. The van der Waals surface area contributed by atoms with Gasteiger partial charge in [0.2, 0.25) is 0 Å². The van der Waals surface area contributed by atoms with Crippen LogP contribution in [0.5, 0.6) is 0 Å². The van der Waals surface area contributed by atoms with Crippen molar-refractivity contribution in [2.24, 2.45) is 5.73 Å². The molecule has 17 heavy (non-hydrogen) atoms. The van der Waals surface area contributed by atoms with E-state index < -0.39 is 24.1 Å². The second-order valence-electron chi connectivity index (χ2n) is 3.45. The highest BCUT2D eigenvalue weighted by atomic mass is 19.4. The van der Waals surface area contributed by atoms with Crippen LogP contribution in [0.15, 0.2) is 24.3 Å². The molecule has 0 aliphatic carbocycles. The summed E-state index contributed by atoms with van der Waals surface area (Å²) in [6.45, 7) is 0. The van der Waals surface area contributed by atoms with E-state index >= 15 is 0 Å². The summed E-state index contributed by atoms with van der Waals surface area (Å²) >= 11 is 0. The lowest BCUT2D eigenvalue weighted by Crippen LogP contribution is -2.31. The molecule has 3 nitrogen and oxygen atoms in total. The predicted molar refractivity (Wildman–Crippen MR) is 56.2 cm³/mol. The fourth-order valence-corrected chi connectivity index (χ4v) is 1.58. The fraction of sp³-hybridized carbons (Fsp3) is 0.455. The Hall–Kier alpha value is -1.11. The van der Waals surface area contributed by atoms with E-state index in [1.165, 1.54) is 32.4 Å². The second-order valence-corrected chi connectivity index (χ2v) is 3.45. The summed E-state index contributed by atoms with van der Waals surface area (Å²) in [5, 5.41) is 0. The molecule has 0 aliphatic rings. The molecule has 0 aliphatic heterocycles. The topological polar surface area (TPSA) is 44.5 Å². The van der Waals surface area contributed by atoms with Crippen LogP contribution in [0.2, 0.25) is 0 Å². The Kier molecular flexibility index (Phi) is 4.50. The molecular weight excluding hydrogens is 235 g/mol. The van der Waals surface area contributed by atoms with Gasteiger partial charge in [0.1, 0.15) is 0 Å². The number of ether oxygens (including phenoxy) is 2. The van der Waals surface area contributed by atoms with Gasteiger partial charge in [0, 0.05) is 14.2 Å². The van der Waals surface area contributed by atoms with Crippen LogP contribution >= 0.6 is 0 Å². The minimum atomic E-state index is -4.44. The van der Waals surface area contributed by atoms with Crippen LogP contribution in [0.3, 0.4) is 0 Å². The first kappa shape index (κ1) is 14.0. The normalized spacial score (nSPS) is 14.1. The van der Waals surface area contributed by atoms with Crippen molar-refractivity contribution >= 4 is 0 Å². The Morgan fingerprint density at radius 3 is 2.12 bits per heavy atom. The number of halogens is 3. The average Bonchev–Trinajstić information content (AvgIpc) is 2.29. The van der Waals surface area contributed by atoms with E-state index in [1.807, 2.05) is 0 Å². The van der Waals surface area contributed by atoms with Crippen LogP contribution in [0.4, 0.5) is 13.2 Å². The van der Waals surface area contributed by atoms with Crippen molar-refractivity contribution in [3.8, 4) is 0 Å². The van der Waals surface area contributed by atoms with Gasteiger partial charge in [0.05, 0.1) is 11.6 Å². The van der Waals surface area contributed by atoms with E-state index in [-0.39, 0.29) is 5.56 Å². The fourth-order valence-electron chi connectivity index (χ4n) is 1.58. The van der Waals surface area contributed by atoms with Crippen molar-refractivity contribution < 1.29 is 22.6 Å². The van der Waals surface area contributed by atoms with Crippen molar-refractivity contribution in [1.82, 2.24) is 0 Å². The number of rotatable bonds is 4. The maximum absolute atomic E-state index is 12.7. The van der Waals surface area contributed by atoms with Gasteiger partial charge in [-0.2, -0.15) is 13.2 Å². The third-order valence-electron chi connectivity index (χ3n) is 2.38. The summed E-state index contributed by atoms with van der Waals surface area (Å²) in [6, 6.07) is 4.11. The van der Waals surface area contributed by atoms with Gasteiger partial charge in [0.15, 0.2) is 6.29 Å². The highest BCUT2D eigenvalue weighted by Gasteiger charge is 2.35. The van der Waals surface area contributed by atoms with Crippen LogP contribution in [0.25, 0.3) is 0 Å². The molecule has 96 valence electrons. The minimum Gasteiger partial charge on any atom is -0.354 e. The lowest BCUT2D eigenvalue weighted by Gasteiger charge is -2.24. The maximum Gasteiger partial charge on any atom is 0.416 e. The Morgan fingerprint density at radius 2 is 1.65 bits per heavy atom. The monoisotopic (exact) mass is 249 g/mol. The summed E-state index contributed by atoms with van der Waals surface area (Å²) in [6.07, 6.45) is -5.36. The molecule has 0 saturated carbocycles. The SMILES string of the molecule is COC(OC)C(N)c1ccccc1C(F)(F)F. The lowest BCUT2D eigenvalue weighted by atomic mass is 10.00. The van der Waals surface area contributed by atoms with Crippen LogP contribution in [-0.2, 0) is 15.7 Å². The maximum atomic E-state index is 12.7. The average molecular weight is 249 g/mol. The van der Waals surface area contributed by atoms with E-state index in [9.17, 15) is 13.2 Å². The van der Waals surface area contributed by atoms with Crippen LogP contribution in [0.1, 0.15) is 17.2 Å². The largest absolute Gasteiger partial charge is 0.416 e. The Labute approximate surface area is 97.3 Å². The second kappa shape index (κ2) is 5.48. The standard InChI is InChI=1S/C11H14F3NO2/c1-16-10(17-2)9(15)7-5-3-4-6-8(7)11(12,13)14/h3-6,9-10H,15H2,1-2H3. The molecule has 0 fully saturated rings. The van der Waals surface area contributed by atoms with E-state index in [2.05, 4.69) is 0 Å². The number of benzene rings is 1. The van der Waals surface area contributed by atoms with Gasteiger partial charge < -0.3 is 15.2 Å². The van der Waals surface area contributed by atoms with Crippen molar-refractivity contribution in [3.63, 3.8) is 0 Å². The summed E-state index contributed by atoms with van der Waals surface area (Å²) in [5.74, 6) is 0. The van der Waals surface area contributed by atoms with Crippen molar-refractivity contribution in [2.45, 2.75) is 18.5 Å². The van der Waals surface area contributed by atoms with Gasteiger partial charge in [-0.15, -0.1) is 0 Å². The molecule has 0 bridgehead atoms. The molecule has 6 heteroatoms. The zero-order valence-corrected chi connectivity index (χ0v) is 9.49. The third kappa shape index (κ3) is 3.18.